The molecule has 0 unspecified atom stereocenters. The fourth-order valence-electron chi connectivity index (χ4n) is 2.82. The molecule has 2 N–H and O–H groups in total. The molecule has 1 fully saturated rings. The summed E-state index contributed by atoms with van der Waals surface area (Å²) in [6.07, 6.45) is 2.39. The van der Waals surface area contributed by atoms with Gasteiger partial charge in [-0.3, -0.25) is 9.59 Å². The highest BCUT2D eigenvalue weighted by molar-refractivity contribution is 6.04. The Kier molecular flexibility index (Phi) is 7.20. The third kappa shape index (κ3) is 5.08. The molecular formula is C19H25N3O4. The molecule has 0 radical (unpaired) electrons. The molecule has 26 heavy (non-hydrogen) atoms. The number of piperidine rings is 1. The number of anilines is 1. The lowest BCUT2D eigenvalue weighted by Crippen LogP contribution is -2.41. The molecule has 0 saturated carbocycles. The van der Waals surface area contributed by atoms with Gasteiger partial charge in [0.2, 0.25) is 5.91 Å². The van der Waals surface area contributed by atoms with Gasteiger partial charge >= 0.3 is 6.09 Å². The van der Waals surface area contributed by atoms with E-state index >= 15 is 0 Å². The highest BCUT2D eigenvalue weighted by Crippen LogP contribution is 2.22. The van der Waals surface area contributed by atoms with Gasteiger partial charge in [0, 0.05) is 25.6 Å². The van der Waals surface area contributed by atoms with Crippen molar-refractivity contribution in [2.45, 2.75) is 19.8 Å². The minimum Gasteiger partial charge on any atom is -0.450 e. The van der Waals surface area contributed by atoms with E-state index < -0.39 is 0 Å². The van der Waals surface area contributed by atoms with Crippen LogP contribution in [-0.2, 0) is 9.53 Å². The first-order chi connectivity index (χ1) is 12.6. The molecule has 0 atom stereocenters. The van der Waals surface area contributed by atoms with E-state index in [4.69, 9.17) is 4.74 Å². The van der Waals surface area contributed by atoms with Gasteiger partial charge in [-0.2, -0.15) is 0 Å². The number of amides is 3. The van der Waals surface area contributed by atoms with Gasteiger partial charge in [-0.15, -0.1) is 6.58 Å². The minimum absolute atomic E-state index is 0.141. The number of likely N-dealkylation sites (tertiary alicyclic amines) is 1. The summed E-state index contributed by atoms with van der Waals surface area (Å²) >= 11 is 0. The SMILES string of the molecule is C=CCNC(=O)c1ccccc1NC(=O)C1CCN(C(=O)OCC)CC1. The number of ether oxygens (including phenoxy) is 1. The molecule has 0 bridgehead atoms. The van der Waals surface area contributed by atoms with E-state index in [1.165, 1.54) is 0 Å². The number of hydrogen-bond donors (Lipinski definition) is 2. The Hall–Kier alpha value is -2.83. The van der Waals surface area contributed by atoms with Gasteiger partial charge in [-0.1, -0.05) is 18.2 Å². The average Bonchev–Trinajstić information content (AvgIpc) is 2.66. The molecule has 140 valence electrons. The summed E-state index contributed by atoms with van der Waals surface area (Å²) in [4.78, 5) is 38.1. The van der Waals surface area contributed by atoms with Crippen molar-refractivity contribution in [3.05, 3.63) is 42.5 Å². The van der Waals surface area contributed by atoms with Crippen molar-refractivity contribution >= 4 is 23.6 Å². The molecule has 1 saturated heterocycles. The van der Waals surface area contributed by atoms with E-state index in [1.807, 2.05) is 0 Å². The van der Waals surface area contributed by atoms with Crippen LogP contribution in [0, 0.1) is 5.92 Å². The van der Waals surface area contributed by atoms with Crippen LogP contribution >= 0.6 is 0 Å². The number of nitrogens with zero attached hydrogens (tertiary/aromatic N) is 1. The van der Waals surface area contributed by atoms with Gasteiger partial charge in [0.05, 0.1) is 17.9 Å². The quantitative estimate of drug-likeness (QED) is 0.764. The van der Waals surface area contributed by atoms with Crippen molar-refractivity contribution in [3.63, 3.8) is 0 Å². The zero-order valence-electron chi connectivity index (χ0n) is 15.0. The average molecular weight is 359 g/mol. The second-order valence-corrected chi connectivity index (χ2v) is 5.99. The Balaban J connectivity index is 1.95. The smallest absolute Gasteiger partial charge is 0.409 e. The zero-order valence-corrected chi connectivity index (χ0v) is 15.0. The summed E-state index contributed by atoms with van der Waals surface area (Å²) in [6, 6.07) is 6.88. The van der Waals surface area contributed by atoms with Crippen LogP contribution in [0.25, 0.3) is 0 Å². The first-order valence-corrected chi connectivity index (χ1v) is 8.77. The number of benzene rings is 1. The number of rotatable bonds is 6. The second kappa shape index (κ2) is 9.60. The molecule has 0 aromatic heterocycles. The molecular weight excluding hydrogens is 334 g/mol. The molecule has 0 aliphatic carbocycles. The second-order valence-electron chi connectivity index (χ2n) is 5.99. The van der Waals surface area contributed by atoms with E-state index in [1.54, 1.807) is 42.2 Å². The van der Waals surface area contributed by atoms with Crippen molar-refractivity contribution in [1.29, 1.82) is 0 Å². The molecule has 1 aromatic rings. The van der Waals surface area contributed by atoms with Gasteiger partial charge in [0.15, 0.2) is 0 Å². The Labute approximate surface area is 153 Å². The lowest BCUT2D eigenvalue weighted by Gasteiger charge is -2.30. The van der Waals surface area contributed by atoms with Crippen LogP contribution in [0.4, 0.5) is 10.5 Å². The third-order valence-electron chi connectivity index (χ3n) is 4.23. The van der Waals surface area contributed by atoms with Crippen molar-refractivity contribution < 1.29 is 19.1 Å². The largest absolute Gasteiger partial charge is 0.450 e. The zero-order chi connectivity index (χ0) is 18.9. The van der Waals surface area contributed by atoms with E-state index in [-0.39, 0.29) is 23.8 Å². The topological polar surface area (TPSA) is 87.7 Å². The Morgan fingerprint density at radius 3 is 2.62 bits per heavy atom. The summed E-state index contributed by atoms with van der Waals surface area (Å²) in [7, 11) is 0. The molecule has 7 nitrogen and oxygen atoms in total. The standard InChI is InChI=1S/C19H25N3O4/c1-3-11-20-18(24)15-7-5-6-8-16(15)21-17(23)14-9-12-22(13-10-14)19(25)26-4-2/h3,5-8,14H,1,4,9-13H2,2H3,(H,20,24)(H,21,23). The fraction of sp³-hybridized carbons (Fsp3) is 0.421. The highest BCUT2D eigenvalue weighted by atomic mass is 16.6. The molecule has 0 spiro atoms. The molecule has 1 heterocycles. The van der Waals surface area contributed by atoms with Crippen LogP contribution in [0.1, 0.15) is 30.1 Å². The van der Waals surface area contributed by atoms with Gasteiger partial charge < -0.3 is 20.3 Å². The maximum atomic E-state index is 12.6. The van der Waals surface area contributed by atoms with E-state index in [0.717, 1.165) is 0 Å². The summed E-state index contributed by atoms with van der Waals surface area (Å²) in [5, 5.41) is 5.55. The molecule has 1 aliphatic heterocycles. The molecule has 3 amide bonds. The maximum absolute atomic E-state index is 12.6. The summed E-state index contributed by atoms with van der Waals surface area (Å²) < 4.78 is 4.98. The van der Waals surface area contributed by atoms with E-state index in [0.29, 0.717) is 50.3 Å². The third-order valence-corrected chi connectivity index (χ3v) is 4.23. The monoisotopic (exact) mass is 359 g/mol. The number of carbonyl (C=O) groups excluding carboxylic acids is 3. The van der Waals surface area contributed by atoms with Gasteiger partial charge in [-0.25, -0.2) is 4.79 Å². The van der Waals surface area contributed by atoms with Crippen molar-refractivity contribution in [3.8, 4) is 0 Å². The molecule has 7 heteroatoms. The lowest BCUT2D eigenvalue weighted by molar-refractivity contribution is -0.121. The number of nitrogens with one attached hydrogen (secondary N) is 2. The molecule has 2 rings (SSSR count). The van der Waals surface area contributed by atoms with Crippen LogP contribution < -0.4 is 10.6 Å². The Morgan fingerprint density at radius 1 is 1.27 bits per heavy atom. The predicted octanol–water partition coefficient (Wildman–Crippen LogP) is 2.41. The van der Waals surface area contributed by atoms with Crippen LogP contribution in [0.15, 0.2) is 36.9 Å². The van der Waals surface area contributed by atoms with E-state index in [9.17, 15) is 14.4 Å². The van der Waals surface area contributed by atoms with Gasteiger partial charge in [0.1, 0.15) is 0 Å². The van der Waals surface area contributed by atoms with Crippen molar-refractivity contribution in [2.75, 3.05) is 31.6 Å². The lowest BCUT2D eigenvalue weighted by atomic mass is 9.96. The summed E-state index contributed by atoms with van der Waals surface area (Å²) in [5.41, 5.74) is 0.888. The van der Waals surface area contributed by atoms with Gasteiger partial charge in [-0.05, 0) is 31.9 Å². The van der Waals surface area contributed by atoms with Crippen LogP contribution in [0.3, 0.4) is 0 Å². The van der Waals surface area contributed by atoms with E-state index in [2.05, 4.69) is 17.2 Å². The number of para-hydroxylation sites is 1. The van der Waals surface area contributed by atoms with Gasteiger partial charge in [0.25, 0.3) is 5.91 Å². The first kappa shape index (κ1) is 19.5. The predicted molar refractivity (Wildman–Crippen MR) is 98.9 cm³/mol. The summed E-state index contributed by atoms with van der Waals surface area (Å²) in [6.45, 7) is 6.99. The van der Waals surface area contributed by atoms with Crippen molar-refractivity contribution in [2.24, 2.45) is 5.92 Å². The highest BCUT2D eigenvalue weighted by Gasteiger charge is 2.28. The Bertz CT molecular complexity index is 667. The van der Waals surface area contributed by atoms with Crippen molar-refractivity contribution in [1.82, 2.24) is 10.2 Å². The van der Waals surface area contributed by atoms with Crippen LogP contribution in [0.5, 0.6) is 0 Å². The normalized spacial score (nSPS) is 14.4. The number of carbonyl (C=O) groups is 3. The first-order valence-electron chi connectivity index (χ1n) is 8.77. The molecule has 1 aromatic carbocycles. The maximum Gasteiger partial charge on any atom is 0.409 e. The minimum atomic E-state index is -0.337. The Morgan fingerprint density at radius 2 is 1.96 bits per heavy atom. The summed E-state index contributed by atoms with van der Waals surface area (Å²) in [5.74, 6) is -0.611. The number of hydrogen-bond acceptors (Lipinski definition) is 4. The molecule has 1 aliphatic rings. The van der Waals surface area contributed by atoms with Crippen LogP contribution in [-0.4, -0.2) is 49.0 Å². The fourth-order valence-corrected chi connectivity index (χ4v) is 2.82. The van der Waals surface area contributed by atoms with Crippen LogP contribution in [0.2, 0.25) is 0 Å².